The van der Waals surface area contributed by atoms with Crippen LogP contribution >= 0.6 is 11.6 Å². The maximum atomic E-state index is 11.1. The Bertz CT molecular complexity index is 396. The van der Waals surface area contributed by atoms with E-state index in [4.69, 9.17) is 11.6 Å². The molecule has 0 heterocycles. The summed E-state index contributed by atoms with van der Waals surface area (Å²) in [5, 5.41) is 0.289. The maximum Gasteiger partial charge on any atom is 0.176 e. The molecule has 0 aromatic heterocycles. The third-order valence-corrected chi connectivity index (χ3v) is 3.07. The molecule has 0 N–H and O–H groups in total. The van der Waals surface area contributed by atoms with E-state index >= 15 is 0 Å². The fourth-order valence-electron chi connectivity index (χ4n) is 0.907. The molecule has 2 nitrogen and oxygen atoms in total. The van der Waals surface area contributed by atoms with Crippen molar-refractivity contribution >= 4 is 21.4 Å². The summed E-state index contributed by atoms with van der Waals surface area (Å²) in [6.07, 6.45) is 1.14. The lowest BCUT2D eigenvalue weighted by Gasteiger charge is -2.01. The lowest BCUT2D eigenvalue weighted by atomic mass is 10.2. The van der Waals surface area contributed by atoms with E-state index in [1.165, 1.54) is 6.07 Å². The summed E-state index contributed by atoms with van der Waals surface area (Å²) in [6.45, 7) is 1.86. The lowest BCUT2D eigenvalue weighted by Crippen LogP contribution is -1.97. The van der Waals surface area contributed by atoms with Crippen LogP contribution in [-0.4, -0.2) is 14.7 Å². The van der Waals surface area contributed by atoms with E-state index in [1.807, 2.05) is 6.92 Å². The van der Waals surface area contributed by atoms with Gasteiger partial charge in [-0.3, -0.25) is 0 Å². The second kappa shape index (κ2) is 3.07. The zero-order valence-corrected chi connectivity index (χ0v) is 8.41. The van der Waals surface area contributed by atoms with Gasteiger partial charge in [0.05, 0.1) is 9.92 Å². The molecule has 0 aliphatic carbocycles. The van der Waals surface area contributed by atoms with Gasteiger partial charge in [-0.05, 0) is 24.6 Å². The van der Waals surface area contributed by atoms with Crippen molar-refractivity contribution in [1.29, 1.82) is 0 Å². The summed E-state index contributed by atoms with van der Waals surface area (Å²) in [7, 11) is -3.18. The molecule has 0 saturated carbocycles. The summed E-state index contributed by atoms with van der Waals surface area (Å²) in [5.74, 6) is 0. The molecular weight excluding hydrogens is 196 g/mol. The third kappa shape index (κ3) is 1.99. The van der Waals surface area contributed by atoms with E-state index in [9.17, 15) is 8.42 Å². The van der Waals surface area contributed by atoms with Gasteiger partial charge in [-0.25, -0.2) is 8.42 Å². The Balaban J connectivity index is 3.39. The van der Waals surface area contributed by atoms with Crippen LogP contribution in [0.3, 0.4) is 0 Å². The van der Waals surface area contributed by atoms with Gasteiger partial charge in [0.2, 0.25) is 0 Å². The zero-order valence-electron chi connectivity index (χ0n) is 6.83. The van der Waals surface area contributed by atoms with Gasteiger partial charge in [0.25, 0.3) is 0 Å². The minimum absolute atomic E-state index is 0.190. The number of hydrogen-bond acceptors (Lipinski definition) is 2. The molecule has 66 valence electrons. The van der Waals surface area contributed by atoms with Crippen LogP contribution in [0.1, 0.15) is 5.56 Å². The maximum absolute atomic E-state index is 11.1. The molecule has 0 fully saturated rings. The molecule has 0 atom stereocenters. The van der Waals surface area contributed by atoms with Crippen molar-refractivity contribution in [2.75, 3.05) is 6.26 Å². The highest BCUT2D eigenvalue weighted by Crippen LogP contribution is 2.21. The smallest absolute Gasteiger partial charge is 0.176 e. The molecule has 12 heavy (non-hydrogen) atoms. The Morgan fingerprint density at radius 2 is 1.92 bits per heavy atom. The van der Waals surface area contributed by atoms with Crippen LogP contribution < -0.4 is 0 Å². The van der Waals surface area contributed by atoms with Crippen LogP contribution in [-0.2, 0) is 9.84 Å². The summed E-state index contributed by atoms with van der Waals surface area (Å²) in [6, 6.07) is 4.88. The Morgan fingerprint density at radius 3 is 2.33 bits per heavy atom. The quantitative estimate of drug-likeness (QED) is 0.702. The molecule has 0 radical (unpaired) electrons. The van der Waals surface area contributed by atoms with Crippen LogP contribution in [0.4, 0.5) is 0 Å². The molecule has 0 amide bonds. The van der Waals surface area contributed by atoms with E-state index in [2.05, 4.69) is 0 Å². The summed E-state index contributed by atoms with van der Waals surface area (Å²) in [4.78, 5) is 0.190. The fraction of sp³-hybridized carbons (Fsp3) is 0.250. The predicted octanol–water partition coefficient (Wildman–Crippen LogP) is 2.05. The van der Waals surface area contributed by atoms with Crippen molar-refractivity contribution in [3.05, 3.63) is 28.8 Å². The molecule has 0 bridgehead atoms. The van der Waals surface area contributed by atoms with Crippen LogP contribution in [0.2, 0.25) is 5.02 Å². The number of hydrogen-bond donors (Lipinski definition) is 0. The van der Waals surface area contributed by atoms with E-state index in [0.717, 1.165) is 11.8 Å². The largest absolute Gasteiger partial charge is 0.224 e. The molecule has 0 unspecified atom stereocenters. The Hall–Kier alpha value is -0.540. The molecule has 0 aliphatic rings. The van der Waals surface area contributed by atoms with Gasteiger partial charge in [0.15, 0.2) is 9.84 Å². The van der Waals surface area contributed by atoms with Gasteiger partial charge in [-0.1, -0.05) is 17.7 Å². The standard InChI is InChI=1S/C8H9ClO2S/c1-6-3-4-8(7(9)5-6)12(2,10)11/h3-5H,1-2H3. The van der Waals surface area contributed by atoms with Crippen molar-refractivity contribution in [3.63, 3.8) is 0 Å². The van der Waals surface area contributed by atoms with Gasteiger partial charge < -0.3 is 0 Å². The van der Waals surface area contributed by atoms with Gasteiger partial charge in [0, 0.05) is 6.26 Å². The number of rotatable bonds is 1. The van der Waals surface area contributed by atoms with Crippen LogP contribution in [0, 0.1) is 6.92 Å². The SMILES string of the molecule is Cc1ccc(S(C)(=O)=O)c(Cl)c1. The normalized spacial score (nSPS) is 11.6. The van der Waals surface area contributed by atoms with Crippen molar-refractivity contribution in [2.24, 2.45) is 0 Å². The van der Waals surface area contributed by atoms with E-state index < -0.39 is 9.84 Å². The third-order valence-electron chi connectivity index (χ3n) is 1.49. The van der Waals surface area contributed by atoms with Crippen LogP contribution in [0.5, 0.6) is 0 Å². The van der Waals surface area contributed by atoms with Gasteiger partial charge in [-0.2, -0.15) is 0 Å². The van der Waals surface area contributed by atoms with Crippen LogP contribution in [0.15, 0.2) is 23.1 Å². The molecular formula is C8H9ClO2S. The highest BCUT2D eigenvalue weighted by Gasteiger charge is 2.10. The first-order chi connectivity index (χ1) is 5.41. The fourth-order valence-corrected chi connectivity index (χ4v) is 2.29. The topological polar surface area (TPSA) is 34.1 Å². The number of sulfone groups is 1. The summed E-state index contributed by atoms with van der Waals surface area (Å²) in [5.41, 5.74) is 0.951. The molecule has 1 rings (SSSR count). The Labute approximate surface area is 77.1 Å². The molecule has 1 aromatic rings. The first-order valence-electron chi connectivity index (χ1n) is 3.37. The van der Waals surface area contributed by atoms with Crippen molar-refractivity contribution in [3.8, 4) is 0 Å². The monoisotopic (exact) mass is 204 g/mol. The Morgan fingerprint density at radius 1 is 1.33 bits per heavy atom. The highest BCUT2D eigenvalue weighted by molar-refractivity contribution is 7.90. The summed E-state index contributed by atoms with van der Waals surface area (Å²) >= 11 is 5.73. The average Bonchev–Trinajstić information content (AvgIpc) is 1.83. The Kier molecular flexibility index (Phi) is 2.44. The van der Waals surface area contributed by atoms with Crippen molar-refractivity contribution in [1.82, 2.24) is 0 Å². The predicted molar refractivity (Wildman–Crippen MR) is 49.3 cm³/mol. The average molecular weight is 205 g/mol. The summed E-state index contributed by atoms with van der Waals surface area (Å²) < 4.78 is 22.2. The van der Waals surface area contributed by atoms with E-state index in [1.54, 1.807) is 12.1 Å². The van der Waals surface area contributed by atoms with Gasteiger partial charge in [-0.15, -0.1) is 0 Å². The minimum Gasteiger partial charge on any atom is -0.224 e. The van der Waals surface area contributed by atoms with Crippen molar-refractivity contribution in [2.45, 2.75) is 11.8 Å². The first-order valence-corrected chi connectivity index (χ1v) is 5.64. The second-order valence-corrected chi connectivity index (χ2v) is 5.10. The zero-order chi connectivity index (χ0) is 9.35. The molecule has 0 spiro atoms. The first kappa shape index (κ1) is 9.55. The highest BCUT2D eigenvalue weighted by atomic mass is 35.5. The second-order valence-electron chi connectivity index (χ2n) is 2.71. The van der Waals surface area contributed by atoms with E-state index in [-0.39, 0.29) is 9.92 Å². The molecule has 0 aliphatic heterocycles. The number of halogens is 1. The number of aryl methyl sites for hydroxylation is 1. The van der Waals surface area contributed by atoms with Gasteiger partial charge in [0.1, 0.15) is 0 Å². The van der Waals surface area contributed by atoms with Crippen molar-refractivity contribution < 1.29 is 8.42 Å². The van der Waals surface area contributed by atoms with Gasteiger partial charge >= 0.3 is 0 Å². The molecule has 1 aromatic carbocycles. The van der Waals surface area contributed by atoms with Crippen LogP contribution in [0.25, 0.3) is 0 Å². The number of benzene rings is 1. The van der Waals surface area contributed by atoms with E-state index in [0.29, 0.717) is 0 Å². The molecule has 4 heteroatoms. The molecule has 0 saturated heterocycles. The lowest BCUT2D eigenvalue weighted by molar-refractivity contribution is 0.602. The minimum atomic E-state index is -3.18.